The van der Waals surface area contributed by atoms with Crippen molar-refractivity contribution < 1.29 is 4.79 Å². The molecule has 0 spiro atoms. The molecule has 0 N–H and O–H groups in total. The third-order valence-electron chi connectivity index (χ3n) is 4.04. The number of imidazole rings is 1. The zero-order valence-corrected chi connectivity index (χ0v) is 13.6. The molecule has 0 radical (unpaired) electrons. The first kappa shape index (κ1) is 15.3. The number of carbonyl (C=O) groups excluding carboxylic acids is 1. The van der Waals surface area contributed by atoms with Gasteiger partial charge in [0.15, 0.2) is 0 Å². The maximum absolute atomic E-state index is 12.4. The summed E-state index contributed by atoms with van der Waals surface area (Å²) in [7, 11) is 1.86. The summed E-state index contributed by atoms with van der Waals surface area (Å²) in [6.45, 7) is 2.92. The number of benzene rings is 2. The van der Waals surface area contributed by atoms with Crippen LogP contribution in [0.4, 0.5) is 0 Å². The van der Waals surface area contributed by atoms with Crippen LogP contribution in [0.15, 0.2) is 54.9 Å². The van der Waals surface area contributed by atoms with Gasteiger partial charge >= 0.3 is 0 Å². The molecule has 0 fully saturated rings. The third kappa shape index (κ3) is 3.11. The fraction of sp³-hybridized carbons (Fsp3) is 0.263. The number of hydrogen-bond donors (Lipinski definition) is 0. The second-order valence-corrected chi connectivity index (χ2v) is 5.73. The Bertz CT molecular complexity index is 805. The predicted octanol–water partition coefficient (Wildman–Crippen LogP) is 3.90. The highest BCUT2D eigenvalue weighted by molar-refractivity contribution is 5.94. The molecular weight excluding hydrogens is 286 g/mol. The van der Waals surface area contributed by atoms with E-state index >= 15 is 0 Å². The van der Waals surface area contributed by atoms with E-state index in [4.69, 9.17) is 0 Å². The standard InChI is InChI=1S/C19H21N3O/c1-3-4-13-21(2)19(23)15-9-11-16(12-10-15)22-14-20-17-7-5-6-8-18(17)22/h5-12,14H,3-4,13H2,1-2H3. The molecule has 4 nitrogen and oxygen atoms in total. The van der Waals surface area contributed by atoms with Crippen LogP contribution in [0.3, 0.4) is 0 Å². The van der Waals surface area contributed by atoms with Gasteiger partial charge in [0, 0.05) is 24.8 Å². The molecule has 0 aliphatic heterocycles. The molecule has 118 valence electrons. The SMILES string of the molecule is CCCCN(C)C(=O)c1ccc(-n2cnc3ccccc32)cc1. The molecule has 0 aliphatic carbocycles. The van der Waals surface area contributed by atoms with E-state index in [-0.39, 0.29) is 5.91 Å². The number of aromatic nitrogens is 2. The van der Waals surface area contributed by atoms with Crippen LogP contribution in [-0.4, -0.2) is 34.0 Å². The highest BCUT2D eigenvalue weighted by Crippen LogP contribution is 2.18. The van der Waals surface area contributed by atoms with E-state index in [0.29, 0.717) is 0 Å². The van der Waals surface area contributed by atoms with Gasteiger partial charge in [0.1, 0.15) is 6.33 Å². The quantitative estimate of drug-likeness (QED) is 0.717. The Balaban J connectivity index is 1.83. The molecule has 1 amide bonds. The van der Waals surface area contributed by atoms with Crippen LogP contribution in [0, 0.1) is 0 Å². The monoisotopic (exact) mass is 307 g/mol. The Morgan fingerprint density at radius 3 is 2.61 bits per heavy atom. The topological polar surface area (TPSA) is 38.1 Å². The van der Waals surface area contributed by atoms with Crippen molar-refractivity contribution in [3.63, 3.8) is 0 Å². The van der Waals surface area contributed by atoms with Gasteiger partial charge in [-0.3, -0.25) is 9.36 Å². The van der Waals surface area contributed by atoms with Crippen LogP contribution in [0.1, 0.15) is 30.1 Å². The molecule has 0 unspecified atom stereocenters. The Hall–Kier alpha value is -2.62. The minimum absolute atomic E-state index is 0.0699. The minimum Gasteiger partial charge on any atom is -0.342 e. The summed E-state index contributed by atoms with van der Waals surface area (Å²) in [6.07, 6.45) is 3.93. The number of para-hydroxylation sites is 2. The molecule has 0 aliphatic rings. The number of fused-ring (bicyclic) bond motifs is 1. The van der Waals surface area contributed by atoms with Gasteiger partial charge in [-0.1, -0.05) is 25.5 Å². The first-order valence-electron chi connectivity index (χ1n) is 7.98. The maximum Gasteiger partial charge on any atom is 0.253 e. The van der Waals surface area contributed by atoms with Gasteiger partial charge in [-0.05, 0) is 42.8 Å². The average molecular weight is 307 g/mol. The summed E-state index contributed by atoms with van der Waals surface area (Å²) < 4.78 is 2.03. The van der Waals surface area contributed by atoms with Gasteiger partial charge in [0.25, 0.3) is 5.91 Å². The van der Waals surface area contributed by atoms with E-state index in [2.05, 4.69) is 11.9 Å². The second-order valence-electron chi connectivity index (χ2n) is 5.73. The largest absolute Gasteiger partial charge is 0.342 e. The summed E-state index contributed by atoms with van der Waals surface area (Å²) in [5.74, 6) is 0.0699. The Kier molecular flexibility index (Phi) is 4.42. The van der Waals surface area contributed by atoms with Crippen LogP contribution in [0.25, 0.3) is 16.7 Å². The number of amides is 1. The van der Waals surface area contributed by atoms with E-state index in [1.165, 1.54) is 0 Å². The Morgan fingerprint density at radius 2 is 1.87 bits per heavy atom. The number of hydrogen-bond acceptors (Lipinski definition) is 2. The molecule has 3 rings (SSSR count). The highest BCUT2D eigenvalue weighted by atomic mass is 16.2. The molecular formula is C19H21N3O. The van der Waals surface area contributed by atoms with E-state index < -0.39 is 0 Å². The van der Waals surface area contributed by atoms with Crippen molar-refractivity contribution in [1.29, 1.82) is 0 Å². The summed E-state index contributed by atoms with van der Waals surface area (Å²) in [5.41, 5.74) is 3.75. The molecule has 2 aromatic carbocycles. The van der Waals surface area contributed by atoms with Crippen molar-refractivity contribution in [2.24, 2.45) is 0 Å². The summed E-state index contributed by atoms with van der Waals surface area (Å²) in [4.78, 5) is 18.6. The van der Waals surface area contributed by atoms with E-state index in [9.17, 15) is 4.79 Å². The van der Waals surface area contributed by atoms with Crippen LogP contribution in [0.5, 0.6) is 0 Å². The smallest absolute Gasteiger partial charge is 0.253 e. The predicted molar refractivity (Wildman–Crippen MR) is 92.9 cm³/mol. The van der Waals surface area contributed by atoms with Crippen LogP contribution < -0.4 is 0 Å². The molecule has 4 heteroatoms. The summed E-state index contributed by atoms with van der Waals surface area (Å²) in [6, 6.07) is 15.7. The van der Waals surface area contributed by atoms with Crippen molar-refractivity contribution in [1.82, 2.24) is 14.5 Å². The third-order valence-corrected chi connectivity index (χ3v) is 4.04. The van der Waals surface area contributed by atoms with Crippen molar-refractivity contribution in [2.45, 2.75) is 19.8 Å². The molecule has 1 heterocycles. The average Bonchev–Trinajstić information content (AvgIpc) is 3.03. The van der Waals surface area contributed by atoms with Crippen LogP contribution >= 0.6 is 0 Å². The first-order valence-corrected chi connectivity index (χ1v) is 7.98. The van der Waals surface area contributed by atoms with Gasteiger partial charge < -0.3 is 4.90 Å². The number of nitrogens with zero attached hydrogens (tertiary/aromatic N) is 3. The lowest BCUT2D eigenvalue weighted by atomic mass is 10.1. The van der Waals surface area contributed by atoms with Crippen molar-refractivity contribution in [3.8, 4) is 5.69 Å². The van der Waals surface area contributed by atoms with E-state index in [0.717, 1.165) is 41.7 Å². The van der Waals surface area contributed by atoms with Gasteiger partial charge in [0.05, 0.1) is 11.0 Å². The zero-order chi connectivity index (χ0) is 16.2. The van der Waals surface area contributed by atoms with E-state index in [1.807, 2.05) is 66.5 Å². The van der Waals surface area contributed by atoms with Gasteiger partial charge in [-0.2, -0.15) is 0 Å². The van der Waals surface area contributed by atoms with Crippen molar-refractivity contribution in [2.75, 3.05) is 13.6 Å². The van der Waals surface area contributed by atoms with E-state index in [1.54, 1.807) is 4.90 Å². The summed E-state index contributed by atoms with van der Waals surface area (Å²) >= 11 is 0. The van der Waals surface area contributed by atoms with Gasteiger partial charge in [-0.15, -0.1) is 0 Å². The second kappa shape index (κ2) is 6.65. The molecule has 0 atom stereocenters. The van der Waals surface area contributed by atoms with Gasteiger partial charge in [-0.25, -0.2) is 4.98 Å². The lowest BCUT2D eigenvalue weighted by Gasteiger charge is -2.17. The first-order chi connectivity index (χ1) is 11.2. The Morgan fingerprint density at radius 1 is 1.13 bits per heavy atom. The molecule has 3 aromatic rings. The van der Waals surface area contributed by atoms with Crippen molar-refractivity contribution >= 4 is 16.9 Å². The molecule has 23 heavy (non-hydrogen) atoms. The number of unbranched alkanes of at least 4 members (excludes halogenated alkanes) is 1. The lowest BCUT2D eigenvalue weighted by molar-refractivity contribution is 0.0793. The molecule has 0 saturated carbocycles. The zero-order valence-electron chi connectivity index (χ0n) is 13.6. The fourth-order valence-electron chi connectivity index (χ4n) is 2.65. The fourth-order valence-corrected chi connectivity index (χ4v) is 2.65. The number of rotatable bonds is 5. The molecule has 0 saturated heterocycles. The van der Waals surface area contributed by atoms with Crippen LogP contribution in [0.2, 0.25) is 0 Å². The Labute approximate surface area is 136 Å². The van der Waals surface area contributed by atoms with Crippen LogP contribution in [-0.2, 0) is 0 Å². The van der Waals surface area contributed by atoms with Crippen molar-refractivity contribution in [3.05, 3.63) is 60.4 Å². The number of carbonyl (C=O) groups is 1. The molecule has 1 aromatic heterocycles. The van der Waals surface area contributed by atoms with Gasteiger partial charge in [0.2, 0.25) is 0 Å². The summed E-state index contributed by atoms with van der Waals surface area (Å²) in [5, 5.41) is 0. The molecule has 0 bridgehead atoms. The normalized spacial score (nSPS) is 10.9. The highest BCUT2D eigenvalue weighted by Gasteiger charge is 2.11. The lowest BCUT2D eigenvalue weighted by Crippen LogP contribution is -2.27. The maximum atomic E-state index is 12.4. The minimum atomic E-state index is 0.0699.